The van der Waals surface area contributed by atoms with E-state index in [1.807, 2.05) is 6.26 Å². The van der Waals surface area contributed by atoms with Crippen LogP contribution < -0.4 is 9.84 Å². The summed E-state index contributed by atoms with van der Waals surface area (Å²) >= 11 is 1.57. The first kappa shape index (κ1) is 12.9. The van der Waals surface area contributed by atoms with E-state index in [0.29, 0.717) is 28.3 Å². The Hall–Kier alpha value is -1.17. The first-order chi connectivity index (χ1) is 7.49. The van der Waals surface area contributed by atoms with Gasteiger partial charge in [0.1, 0.15) is 17.4 Å². The minimum atomic E-state index is -1.15. The largest absolute Gasteiger partial charge is 0.711 e. The number of carbonyl (C=O) groups is 1. The van der Waals surface area contributed by atoms with Crippen molar-refractivity contribution in [3.8, 4) is 0 Å². The summed E-state index contributed by atoms with van der Waals surface area (Å²) in [5.41, 5.74) is 1.20. The topological polar surface area (TPSA) is 72.0 Å². The van der Waals surface area contributed by atoms with Gasteiger partial charge >= 0.3 is 0 Å². The van der Waals surface area contributed by atoms with E-state index >= 15 is 0 Å². The van der Waals surface area contributed by atoms with Crippen LogP contribution in [0.15, 0.2) is 6.33 Å². The molecule has 0 saturated heterocycles. The maximum Gasteiger partial charge on any atom is 0.247 e. The Morgan fingerprint density at radius 1 is 1.62 bits per heavy atom. The molecule has 0 aliphatic rings. The van der Waals surface area contributed by atoms with Gasteiger partial charge in [0.2, 0.25) is 6.33 Å². The van der Waals surface area contributed by atoms with E-state index in [1.54, 1.807) is 25.6 Å². The third kappa shape index (κ3) is 2.49. The molecule has 0 aromatic carbocycles. The Kier molecular flexibility index (Phi) is 4.23. The Morgan fingerprint density at radius 2 is 2.25 bits per heavy atom. The van der Waals surface area contributed by atoms with Crippen LogP contribution in [0.3, 0.4) is 0 Å². The molecule has 1 aromatic heterocycles. The molecule has 0 bridgehead atoms. The van der Waals surface area contributed by atoms with Gasteiger partial charge in [-0.2, -0.15) is 11.8 Å². The Balaban J connectivity index is 3.01. The molecule has 0 fully saturated rings. The average molecular weight is 243 g/mol. The lowest BCUT2D eigenvalue weighted by atomic mass is 10.2. The number of carbonyl (C=O) groups excluding carboxylic acids is 1. The second kappa shape index (κ2) is 5.25. The van der Waals surface area contributed by atoms with Gasteiger partial charge < -0.3 is 15.1 Å². The maximum atomic E-state index is 11.3. The van der Waals surface area contributed by atoms with E-state index in [9.17, 15) is 15.1 Å². The van der Waals surface area contributed by atoms with Gasteiger partial charge in [0.15, 0.2) is 0 Å². The summed E-state index contributed by atoms with van der Waals surface area (Å²) in [4.78, 5) is 11.0. The number of hydrogen-bond donors (Lipinski definition) is 0. The van der Waals surface area contributed by atoms with E-state index < -0.39 is 12.0 Å². The normalized spacial score (nSPS) is 12.7. The molecule has 6 heteroatoms. The summed E-state index contributed by atoms with van der Waals surface area (Å²) in [5, 5.41) is 22.4. The van der Waals surface area contributed by atoms with Crippen LogP contribution in [0.5, 0.6) is 0 Å². The van der Waals surface area contributed by atoms with Crippen molar-refractivity contribution in [2.75, 3.05) is 12.0 Å². The first-order valence-corrected chi connectivity index (χ1v) is 6.35. The Morgan fingerprint density at radius 3 is 2.62 bits per heavy atom. The first-order valence-electron chi connectivity index (χ1n) is 4.96. The highest BCUT2D eigenvalue weighted by Gasteiger charge is 2.22. The lowest BCUT2D eigenvalue weighted by Crippen LogP contribution is -2.34. The summed E-state index contributed by atoms with van der Waals surface area (Å²) in [6.45, 7) is 3.40. The van der Waals surface area contributed by atoms with E-state index in [4.69, 9.17) is 0 Å². The van der Waals surface area contributed by atoms with E-state index in [2.05, 4.69) is 0 Å². The highest BCUT2D eigenvalue weighted by atomic mass is 32.2. The summed E-state index contributed by atoms with van der Waals surface area (Å²) < 4.78 is 2.16. The molecule has 1 atom stereocenters. The van der Waals surface area contributed by atoms with Crippen molar-refractivity contribution in [1.82, 2.24) is 4.57 Å². The molecule has 0 N–H and O–H groups in total. The van der Waals surface area contributed by atoms with Crippen LogP contribution in [-0.4, -0.2) is 22.5 Å². The van der Waals surface area contributed by atoms with Gasteiger partial charge in [0.05, 0.1) is 5.97 Å². The summed E-state index contributed by atoms with van der Waals surface area (Å²) in [5.74, 6) is -0.429. The van der Waals surface area contributed by atoms with Gasteiger partial charge in [-0.1, -0.05) is 0 Å². The van der Waals surface area contributed by atoms with E-state index in [0.717, 1.165) is 0 Å². The molecule has 0 saturated carbocycles. The van der Waals surface area contributed by atoms with Gasteiger partial charge in [0.25, 0.3) is 0 Å². The van der Waals surface area contributed by atoms with E-state index in [1.165, 1.54) is 10.9 Å². The van der Waals surface area contributed by atoms with Gasteiger partial charge in [-0.3, -0.25) is 0 Å². The predicted molar refractivity (Wildman–Crippen MR) is 59.9 cm³/mol. The molecule has 0 aliphatic carbocycles. The number of imidazole rings is 1. The zero-order chi connectivity index (χ0) is 12.3. The number of hydrogen-bond acceptors (Lipinski definition) is 4. The second-order valence-electron chi connectivity index (χ2n) is 3.64. The molecular formula is C10H15N2O3S-. The van der Waals surface area contributed by atoms with Crippen molar-refractivity contribution >= 4 is 17.7 Å². The van der Waals surface area contributed by atoms with Gasteiger partial charge in [0, 0.05) is 20.3 Å². The minimum Gasteiger partial charge on any atom is -0.711 e. The fourth-order valence-corrected chi connectivity index (χ4v) is 2.01. The zero-order valence-corrected chi connectivity index (χ0v) is 10.4. The zero-order valence-electron chi connectivity index (χ0n) is 9.60. The number of carboxylic acid groups (broad SMARTS) is 1. The third-order valence-corrected chi connectivity index (χ3v) is 3.32. The molecular weight excluding hydrogens is 228 g/mol. The van der Waals surface area contributed by atoms with E-state index in [-0.39, 0.29) is 0 Å². The van der Waals surface area contributed by atoms with Crippen LogP contribution in [0, 0.1) is 19.1 Å². The van der Waals surface area contributed by atoms with Crippen molar-refractivity contribution in [3.63, 3.8) is 0 Å². The number of rotatable bonds is 5. The molecule has 1 aromatic rings. The van der Waals surface area contributed by atoms with Crippen LogP contribution in [0.1, 0.15) is 23.9 Å². The highest BCUT2D eigenvalue weighted by Crippen LogP contribution is 2.17. The molecule has 1 rings (SSSR count). The SMILES string of the molecule is CSCC[C@H](C(=O)[O-])n1c[n+]([O-])c(C)c1C. The Labute approximate surface area is 98.7 Å². The fourth-order valence-electron chi connectivity index (χ4n) is 1.55. The standard InChI is InChI=1S/C10H16N2O3S/c1-7-8(2)12(15)6-11(7)9(10(13)14)4-5-16-3/h6,9H,4-5H2,1-3H3,(H,13,14)/p-1/t9-/m1/s1. The van der Waals surface area contributed by atoms with Crippen LogP contribution in [0.4, 0.5) is 0 Å². The van der Waals surface area contributed by atoms with Gasteiger partial charge in [-0.05, 0) is 12.0 Å². The number of aliphatic carboxylic acids is 1. The summed E-state index contributed by atoms with van der Waals surface area (Å²) in [6.07, 6.45) is 3.64. The molecule has 0 spiro atoms. The second-order valence-corrected chi connectivity index (χ2v) is 4.62. The van der Waals surface area contributed by atoms with Crippen molar-refractivity contribution < 1.29 is 14.6 Å². The number of thioether (sulfide) groups is 1. The predicted octanol–water partition coefficient (Wildman–Crippen LogP) is -0.218. The van der Waals surface area contributed by atoms with Gasteiger partial charge in [-0.25, -0.2) is 9.30 Å². The van der Waals surface area contributed by atoms with Crippen LogP contribution in [0.2, 0.25) is 0 Å². The summed E-state index contributed by atoms with van der Waals surface area (Å²) in [7, 11) is 0. The molecule has 0 unspecified atom stereocenters. The quantitative estimate of drug-likeness (QED) is 0.529. The lowest BCUT2D eigenvalue weighted by Gasteiger charge is -2.15. The smallest absolute Gasteiger partial charge is 0.247 e. The molecule has 0 aliphatic heterocycles. The van der Waals surface area contributed by atoms with Crippen LogP contribution in [-0.2, 0) is 4.79 Å². The molecule has 16 heavy (non-hydrogen) atoms. The fraction of sp³-hybridized carbons (Fsp3) is 0.600. The monoisotopic (exact) mass is 243 g/mol. The molecule has 5 nitrogen and oxygen atoms in total. The van der Waals surface area contributed by atoms with Gasteiger partial charge in [-0.15, -0.1) is 0 Å². The lowest BCUT2D eigenvalue weighted by molar-refractivity contribution is -0.611. The van der Waals surface area contributed by atoms with Crippen molar-refractivity contribution in [3.05, 3.63) is 22.9 Å². The highest BCUT2D eigenvalue weighted by molar-refractivity contribution is 7.98. The number of nitrogens with zero attached hydrogens (tertiary/aromatic N) is 2. The van der Waals surface area contributed by atoms with Crippen molar-refractivity contribution in [2.24, 2.45) is 0 Å². The third-order valence-electron chi connectivity index (χ3n) is 2.67. The Bertz CT molecular complexity index is 390. The van der Waals surface area contributed by atoms with Crippen molar-refractivity contribution in [2.45, 2.75) is 26.3 Å². The molecule has 0 amide bonds. The number of aromatic nitrogens is 2. The minimum absolute atomic E-state index is 0.457. The van der Waals surface area contributed by atoms with Crippen LogP contribution >= 0.6 is 11.8 Å². The molecule has 1 heterocycles. The van der Waals surface area contributed by atoms with Crippen molar-refractivity contribution in [1.29, 1.82) is 0 Å². The summed E-state index contributed by atoms with van der Waals surface area (Å²) in [6, 6.07) is -0.763. The average Bonchev–Trinajstić information content (AvgIpc) is 2.47. The maximum absolute atomic E-state index is 11.3. The molecule has 90 valence electrons. The molecule has 0 radical (unpaired) electrons. The van der Waals surface area contributed by atoms with Crippen LogP contribution in [0.25, 0.3) is 0 Å². The number of carboxylic acids is 1.